The van der Waals surface area contributed by atoms with Crippen LogP contribution in [0, 0.1) is 16.7 Å². The third-order valence-electron chi connectivity index (χ3n) is 4.73. The van der Waals surface area contributed by atoms with Crippen LogP contribution >= 0.6 is 0 Å². The number of fused-ring (bicyclic) bond motifs is 1. The maximum absolute atomic E-state index is 10.8. The van der Waals surface area contributed by atoms with Gasteiger partial charge < -0.3 is 4.79 Å². The van der Waals surface area contributed by atoms with Crippen LogP contribution in [0.4, 0.5) is 0 Å². The summed E-state index contributed by atoms with van der Waals surface area (Å²) in [5, 5.41) is 0. The molecule has 0 bridgehead atoms. The lowest BCUT2D eigenvalue weighted by molar-refractivity contribution is -0.110. The van der Waals surface area contributed by atoms with Gasteiger partial charge in [-0.05, 0) is 36.5 Å². The Balaban J connectivity index is 1.91. The normalized spacial score (nSPS) is 41.3. The van der Waals surface area contributed by atoms with Crippen molar-refractivity contribution in [3.05, 3.63) is 0 Å². The van der Waals surface area contributed by atoms with Gasteiger partial charge in [0, 0.05) is 5.92 Å². The molecule has 1 nitrogen and oxygen atoms in total. The van der Waals surface area contributed by atoms with E-state index in [4.69, 9.17) is 0 Å². The fraction of sp³-hybridized carbons (Fsp3) is 0.900. The summed E-state index contributed by atoms with van der Waals surface area (Å²) in [7, 11) is 0. The first-order valence-electron chi connectivity index (χ1n) is 4.81. The summed E-state index contributed by atoms with van der Waals surface area (Å²) in [5.41, 5.74) is 1.12. The van der Waals surface area contributed by atoms with Gasteiger partial charge in [-0.15, -0.1) is 0 Å². The van der Waals surface area contributed by atoms with Gasteiger partial charge >= 0.3 is 0 Å². The van der Waals surface area contributed by atoms with E-state index in [-0.39, 0.29) is 0 Å². The molecule has 0 amide bonds. The van der Waals surface area contributed by atoms with Crippen LogP contribution in [0.25, 0.3) is 0 Å². The lowest BCUT2D eigenvalue weighted by atomic mass is 9.67. The van der Waals surface area contributed by atoms with Gasteiger partial charge in [0.05, 0.1) is 0 Å². The highest BCUT2D eigenvalue weighted by Gasteiger charge is 2.78. The van der Waals surface area contributed by atoms with Crippen LogP contribution in [0.3, 0.4) is 0 Å². The molecule has 0 aliphatic heterocycles. The van der Waals surface area contributed by atoms with Crippen LogP contribution in [-0.4, -0.2) is 6.29 Å². The minimum absolute atomic E-state index is 0.484. The van der Waals surface area contributed by atoms with Gasteiger partial charge in [-0.25, -0.2) is 0 Å². The molecule has 0 saturated heterocycles. The lowest BCUT2D eigenvalue weighted by Crippen LogP contribution is -2.26. The third-order valence-corrected chi connectivity index (χ3v) is 4.73. The van der Waals surface area contributed by atoms with Crippen LogP contribution in [-0.2, 0) is 4.79 Å². The predicted octanol–water partition coefficient (Wildman–Crippen LogP) is 2.16. The van der Waals surface area contributed by atoms with Gasteiger partial charge in [-0.1, -0.05) is 12.8 Å². The molecule has 0 unspecified atom stereocenters. The summed E-state index contributed by atoms with van der Waals surface area (Å²) < 4.78 is 0. The number of carbonyl (C=O) groups is 1. The molecule has 0 atom stereocenters. The van der Waals surface area contributed by atoms with Gasteiger partial charge in [0.2, 0.25) is 0 Å². The average molecular weight is 150 g/mol. The van der Waals surface area contributed by atoms with Crippen molar-refractivity contribution in [3.63, 3.8) is 0 Å². The van der Waals surface area contributed by atoms with E-state index in [1.807, 2.05) is 0 Å². The summed E-state index contributed by atoms with van der Waals surface area (Å²) in [6.07, 6.45) is 9.44. The molecule has 0 heterocycles. The number of hydrogen-bond acceptors (Lipinski definition) is 1. The second-order valence-corrected chi connectivity index (χ2v) is 4.63. The Morgan fingerprint density at radius 2 is 1.45 bits per heavy atom. The fourth-order valence-corrected chi connectivity index (χ4v) is 3.77. The van der Waals surface area contributed by atoms with E-state index in [1.165, 1.54) is 44.8 Å². The molecule has 11 heavy (non-hydrogen) atoms. The van der Waals surface area contributed by atoms with Gasteiger partial charge in [0.15, 0.2) is 0 Å². The van der Waals surface area contributed by atoms with Gasteiger partial charge in [0.1, 0.15) is 6.29 Å². The van der Waals surface area contributed by atoms with E-state index in [0.717, 1.165) is 0 Å². The summed E-state index contributed by atoms with van der Waals surface area (Å²) in [5.74, 6) is 0.484. The molecule has 0 N–H and O–H groups in total. The van der Waals surface area contributed by atoms with Crippen molar-refractivity contribution < 1.29 is 4.79 Å². The van der Waals surface area contributed by atoms with Crippen LogP contribution in [0.15, 0.2) is 0 Å². The third kappa shape index (κ3) is 0.423. The number of hydrogen-bond donors (Lipinski definition) is 0. The summed E-state index contributed by atoms with van der Waals surface area (Å²) in [6.45, 7) is 0. The molecule has 2 spiro atoms. The number of carbonyl (C=O) groups excluding carboxylic acids is 1. The molecule has 0 aromatic carbocycles. The standard InChI is InChI=1S/C10H14O/c11-7-8-9(3-1-4-9)10(8)5-2-6-10/h7-8H,1-6H2. The first kappa shape index (κ1) is 6.22. The zero-order valence-electron chi connectivity index (χ0n) is 6.81. The molecule has 3 aliphatic rings. The van der Waals surface area contributed by atoms with Gasteiger partial charge in [0.25, 0.3) is 0 Å². The minimum Gasteiger partial charge on any atom is -0.303 e. The summed E-state index contributed by atoms with van der Waals surface area (Å²) >= 11 is 0. The molecule has 1 heteroatoms. The molecule has 3 saturated carbocycles. The summed E-state index contributed by atoms with van der Waals surface area (Å²) in [6, 6.07) is 0. The van der Waals surface area contributed by atoms with E-state index < -0.39 is 0 Å². The molecular weight excluding hydrogens is 136 g/mol. The van der Waals surface area contributed by atoms with E-state index in [2.05, 4.69) is 0 Å². The Labute approximate surface area is 67.2 Å². The Morgan fingerprint density at radius 1 is 1.00 bits per heavy atom. The molecule has 3 rings (SSSR count). The second-order valence-electron chi connectivity index (χ2n) is 4.63. The number of rotatable bonds is 1. The minimum atomic E-state index is 0.484. The molecule has 0 aromatic rings. The smallest absolute Gasteiger partial charge is 0.124 e. The monoisotopic (exact) mass is 150 g/mol. The van der Waals surface area contributed by atoms with Crippen molar-refractivity contribution in [3.8, 4) is 0 Å². The second kappa shape index (κ2) is 1.55. The highest BCUT2D eigenvalue weighted by molar-refractivity contribution is 5.65. The van der Waals surface area contributed by atoms with E-state index in [9.17, 15) is 4.79 Å². The molecular formula is C10H14O. The first-order chi connectivity index (χ1) is 5.36. The van der Waals surface area contributed by atoms with Crippen molar-refractivity contribution in [1.82, 2.24) is 0 Å². The zero-order valence-corrected chi connectivity index (χ0v) is 6.81. The maximum Gasteiger partial charge on any atom is 0.124 e. The average Bonchev–Trinajstić information content (AvgIpc) is 2.47. The topological polar surface area (TPSA) is 17.1 Å². The van der Waals surface area contributed by atoms with Crippen LogP contribution < -0.4 is 0 Å². The number of aldehydes is 1. The van der Waals surface area contributed by atoms with E-state index in [0.29, 0.717) is 16.7 Å². The highest BCUT2D eigenvalue weighted by Crippen LogP contribution is 2.84. The quantitative estimate of drug-likeness (QED) is 0.523. The largest absolute Gasteiger partial charge is 0.303 e. The van der Waals surface area contributed by atoms with Crippen molar-refractivity contribution >= 4 is 6.29 Å². The summed E-state index contributed by atoms with van der Waals surface area (Å²) in [4.78, 5) is 10.8. The van der Waals surface area contributed by atoms with Crippen LogP contribution in [0.2, 0.25) is 0 Å². The van der Waals surface area contributed by atoms with Crippen molar-refractivity contribution in [1.29, 1.82) is 0 Å². The Hall–Kier alpha value is -0.330. The van der Waals surface area contributed by atoms with Gasteiger partial charge in [-0.2, -0.15) is 0 Å². The van der Waals surface area contributed by atoms with Gasteiger partial charge in [-0.3, -0.25) is 0 Å². The van der Waals surface area contributed by atoms with Crippen LogP contribution in [0.5, 0.6) is 0 Å². The molecule has 3 aliphatic carbocycles. The predicted molar refractivity (Wildman–Crippen MR) is 42.1 cm³/mol. The molecule has 0 radical (unpaired) electrons. The molecule has 60 valence electrons. The molecule has 0 aromatic heterocycles. The van der Waals surface area contributed by atoms with E-state index in [1.54, 1.807) is 0 Å². The highest BCUT2D eigenvalue weighted by atomic mass is 16.1. The Morgan fingerprint density at radius 3 is 1.55 bits per heavy atom. The first-order valence-corrected chi connectivity index (χ1v) is 4.81. The maximum atomic E-state index is 10.8. The lowest BCUT2D eigenvalue weighted by Gasteiger charge is -2.37. The van der Waals surface area contributed by atoms with Crippen molar-refractivity contribution in [2.24, 2.45) is 16.7 Å². The SMILES string of the molecule is O=CC1C2(CCC2)C12CCC2. The Bertz CT molecular complexity index is 191. The Kier molecular flexibility index (Phi) is 0.875. The molecule has 3 fully saturated rings. The van der Waals surface area contributed by atoms with Crippen molar-refractivity contribution in [2.75, 3.05) is 0 Å². The van der Waals surface area contributed by atoms with Crippen LogP contribution in [0.1, 0.15) is 38.5 Å². The van der Waals surface area contributed by atoms with Crippen molar-refractivity contribution in [2.45, 2.75) is 38.5 Å². The zero-order chi connectivity index (χ0) is 7.53. The van der Waals surface area contributed by atoms with E-state index >= 15 is 0 Å². The fourth-order valence-electron chi connectivity index (χ4n) is 3.77.